The van der Waals surface area contributed by atoms with E-state index in [9.17, 15) is 9.59 Å². The third-order valence-corrected chi connectivity index (χ3v) is 14.4. The van der Waals surface area contributed by atoms with E-state index in [1.54, 1.807) is 13.8 Å². The molecule has 0 amide bonds. The Balaban J connectivity index is 0.00000343. The van der Waals surface area contributed by atoms with Crippen LogP contribution in [-0.2, 0) is 28.5 Å². The Bertz CT molecular complexity index is 1080. The largest absolute Gasteiger partial charge is 1.00 e. The van der Waals surface area contributed by atoms with Crippen LogP contribution in [-0.4, -0.2) is 97.8 Å². The molecule has 0 N–H and O–H groups in total. The number of fused-ring (bicyclic) bond motifs is 5. The van der Waals surface area contributed by atoms with Gasteiger partial charge in [0.15, 0.2) is 11.9 Å². The molecule has 0 aromatic carbocycles. The number of ether oxygens (including phenoxy) is 4. The monoisotopic (exact) mass is 680 g/mol. The summed E-state index contributed by atoms with van der Waals surface area (Å²) in [6, 6.07) is 0.661. The van der Waals surface area contributed by atoms with Crippen molar-refractivity contribution in [3.05, 3.63) is 0 Å². The molecule has 1 spiro atoms. The average Bonchev–Trinajstić information content (AvgIpc) is 3.67. The van der Waals surface area contributed by atoms with Crippen LogP contribution < -0.4 is 17.0 Å². The highest BCUT2D eigenvalue weighted by molar-refractivity contribution is 5.66. The van der Waals surface area contributed by atoms with Gasteiger partial charge in [0.2, 0.25) is 0 Å². The highest BCUT2D eigenvalue weighted by Gasteiger charge is 2.67. The molecule has 7 fully saturated rings. The minimum Gasteiger partial charge on any atom is -1.00 e. The zero-order valence-electron chi connectivity index (χ0n) is 27.9. The summed E-state index contributed by atoms with van der Waals surface area (Å²) in [5, 5.41) is 0. The Labute approximate surface area is 275 Å². The fraction of sp³-hybridized carbons (Fsp3) is 0.943. The van der Waals surface area contributed by atoms with Crippen LogP contribution in [0.4, 0.5) is 0 Å². The van der Waals surface area contributed by atoms with Crippen LogP contribution in [0.25, 0.3) is 0 Å². The molecule has 7 aliphatic rings. The first-order valence-electron chi connectivity index (χ1n) is 17.7. The number of carbonyl (C=O) groups is 2. The second-order valence-electron chi connectivity index (χ2n) is 16.5. The first-order valence-corrected chi connectivity index (χ1v) is 17.7. The van der Waals surface area contributed by atoms with Gasteiger partial charge in [-0.25, -0.2) is 0 Å². The normalized spacial score (nSPS) is 45.9. The maximum absolute atomic E-state index is 12.5. The standard InChI is InChI=1S/C35H57N2O6.BrH/c1-23(38)42-31-20-25-8-9-26-27(34(25,4)22-29(31)36-14-12-35(13-15-36)40-18-19-41-35)10-11-33(3)28(26)21-30(32(33)43-24(2)39)37(5)16-6-7-17-37;/h25-32H,6-22H2,1-5H3;1H/q+1;/p-1/t25?,26-,27-,28+,29?,30?,31?,32?,33+,34+;/m1./s1. The fourth-order valence-corrected chi connectivity index (χ4v) is 12.3. The minimum absolute atomic E-state index is 0. The molecular weight excluding hydrogens is 624 g/mol. The molecule has 10 atom stereocenters. The van der Waals surface area contributed by atoms with Gasteiger partial charge in [-0.1, -0.05) is 13.8 Å². The smallest absolute Gasteiger partial charge is 0.303 e. The maximum atomic E-state index is 12.5. The molecule has 0 bridgehead atoms. The van der Waals surface area contributed by atoms with Crippen molar-refractivity contribution in [1.29, 1.82) is 0 Å². The highest BCUT2D eigenvalue weighted by Crippen LogP contribution is 2.68. The molecule has 5 unspecified atom stereocenters. The summed E-state index contributed by atoms with van der Waals surface area (Å²) in [4.78, 5) is 27.4. The molecule has 44 heavy (non-hydrogen) atoms. The summed E-state index contributed by atoms with van der Waals surface area (Å²) in [7, 11) is 2.44. The van der Waals surface area contributed by atoms with Gasteiger partial charge < -0.3 is 40.4 Å². The molecule has 4 aliphatic carbocycles. The first kappa shape index (κ1) is 33.2. The van der Waals surface area contributed by atoms with E-state index in [4.69, 9.17) is 18.9 Å². The van der Waals surface area contributed by atoms with Crippen LogP contribution in [0.5, 0.6) is 0 Å². The maximum Gasteiger partial charge on any atom is 0.303 e. The van der Waals surface area contributed by atoms with E-state index in [1.165, 1.54) is 51.6 Å². The second kappa shape index (κ2) is 12.1. The number of quaternary nitrogens is 1. The number of halogens is 1. The molecule has 250 valence electrons. The Kier molecular flexibility index (Phi) is 9.09. The summed E-state index contributed by atoms with van der Waals surface area (Å²) in [6.45, 7) is 14.0. The van der Waals surface area contributed by atoms with Crippen molar-refractivity contribution in [1.82, 2.24) is 4.90 Å². The van der Waals surface area contributed by atoms with E-state index < -0.39 is 5.79 Å². The van der Waals surface area contributed by atoms with Crippen LogP contribution in [0.2, 0.25) is 0 Å². The number of piperidine rings is 1. The van der Waals surface area contributed by atoms with Gasteiger partial charge in [-0.3, -0.25) is 14.5 Å². The van der Waals surface area contributed by atoms with Crippen molar-refractivity contribution in [2.75, 3.05) is 46.4 Å². The summed E-state index contributed by atoms with van der Waals surface area (Å²) in [6.07, 6.45) is 12.4. The zero-order chi connectivity index (χ0) is 30.2. The van der Waals surface area contributed by atoms with E-state index >= 15 is 0 Å². The SMILES string of the molecule is CC(=O)OC1CC2CC[C@@H]3[C@@H](CC[C@]4(C)C(OC(C)=O)C([N+]5(C)CCCC5)C[C@@H]34)[C@@]2(C)CC1N1CCC2(CC1)OCCO2.[Br-]. The molecular formula is C35H57BrN2O6. The Morgan fingerprint density at radius 2 is 1.50 bits per heavy atom. The highest BCUT2D eigenvalue weighted by atomic mass is 79.9. The first-order chi connectivity index (χ1) is 20.5. The van der Waals surface area contributed by atoms with Gasteiger partial charge in [-0.2, -0.15) is 0 Å². The van der Waals surface area contributed by atoms with Gasteiger partial charge in [0, 0.05) is 70.5 Å². The summed E-state index contributed by atoms with van der Waals surface area (Å²) < 4.78 is 25.7. The lowest BCUT2D eigenvalue weighted by molar-refractivity contribution is -0.924. The molecule has 8 nitrogen and oxygen atoms in total. The third kappa shape index (κ3) is 5.40. The molecule has 7 rings (SSSR count). The van der Waals surface area contributed by atoms with Crippen molar-refractivity contribution >= 4 is 11.9 Å². The second-order valence-corrected chi connectivity index (χ2v) is 16.5. The number of likely N-dealkylation sites (N-methyl/N-ethyl adjacent to an activating group) is 1. The van der Waals surface area contributed by atoms with Crippen LogP contribution in [0.15, 0.2) is 0 Å². The molecule has 4 saturated carbocycles. The number of likely N-dealkylation sites (tertiary alicyclic amines) is 2. The summed E-state index contributed by atoms with van der Waals surface area (Å²) in [5.74, 6) is 1.87. The van der Waals surface area contributed by atoms with Crippen LogP contribution in [0.3, 0.4) is 0 Å². The number of hydrogen-bond donors (Lipinski definition) is 0. The molecule has 9 heteroatoms. The summed E-state index contributed by atoms with van der Waals surface area (Å²) >= 11 is 0. The van der Waals surface area contributed by atoms with Crippen molar-refractivity contribution in [2.24, 2.45) is 34.5 Å². The minimum atomic E-state index is -0.399. The molecule has 3 heterocycles. The van der Waals surface area contributed by atoms with E-state index in [2.05, 4.69) is 25.8 Å². The summed E-state index contributed by atoms with van der Waals surface area (Å²) in [5.41, 5.74) is 0.281. The molecule has 0 aromatic rings. The van der Waals surface area contributed by atoms with E-state index in [0.717, 1.165) is 49.7 Å². The van der Waals surface area contributed by atoms with Crippen molar-refractivity contribution in [3.8, 4) is 0 Å². The molecule has 3 saturated heterocycles. The zero-order valence-corrected chi connectivity index (χ0v) is 29.4. The number of esters is 2. The van der Waals surface area contributed by atoms with Gasteiger partial charge in [0.05, 0.1) is 33.4 Å². The van der Waals surface area contributed by atoms with E-state index in [-0.39, 0.29) is 58.0 Å². The van der Waals surface area contributed by atoms with Crippen LogP contribution >= 0.6 is 0 Å². The van der Waals surface area contributed by atoms with Crippen molar-refractivity contribution in [2.45, 2.75) is 128 Å². The van der Waals surface area contributed by atoms with Crippen LogP contribution in [0.1, 0.15) is 98.3 Å². The number of rotatable bonds is 4. The Morgan fingerprint density at radius 1 is 0.841 bits per heavy atom. The Morgan fingerprint density at radius 3 is 2.14 bits per heavy atom. The molecule has 3 aliphatic heterocycles. The number of carbonyl (C=O) groups excluding carboxylic acids is 2. The van der Waals surface area contributed by atoms with Gasteiger partial charge in [-0.05, 0) is 67.6 Å². The van der Waals surface area contributed by atoms with Crippen LogP contribution in [0, 0.1) is 34.5 Å². The topological polar surface area (TPSA) is 74.3 Å². The molecule has 0 aromatic heterocycles. The van der Waals surface area contributed by atoms with Gasteiger partial charge in [-0.15, -0.1) is 0 Å². The van der Waals surface area contributed by atoms with Gasteiger partial charge >= 0.3 is 11.9 Å². The molecule has 0 radical (unpaired) electrons. The van der Waals surface area contributed by atoms with E-state index in [0.29, 0.717) is 42.9 Å². The van der Waals surface area contributed by atoms with Crippen molar-refractivity contribution in [3.63, 3.8) is 0 Å². The lowest BCUT2D eigenvalue weighted by atomic mass is 9.44. The van der Waals surface area contributed by atoms with E-state index in [1.807, 2.05) is 0 Å². The number of nitrogens with zero attached hydrogens (tertiary/aromatic N) is 2. The third-order valence-electron chi connectivity index (χ3n) is 14.4. The lowest BCUT2D eigenvalue weighted by Gasteiger charge is -2.62. The Hall–Kier alpha value is -0.740. The fourth-order valence-electron chi connectivity index (χ4n) is 12.3. The van der Waals surface area contributed by atoms with Gasteiger partial charge in [0.1, 0.15) is 12.1 Å². The predicted molar refractivity (Wildman–Crippen MR) is 162 cm³/mol. The number of hydrogen-bond acceptors (Lipinski definition) is 7. The van der Waals surface area contributed by atoms with Crippen molar-refractivity contribution < 1.29 is 50.0 Å². The average molecular weight is 682 g/mol. The predicted octanol–water partition coefficient (Wildman–Crippen LogP) is 1.93. The quantitative estimate of drug-likeness (QED) is 0.332. The van der Waals surface area contributed by atoms with Gasteiger partial charge in [0.25, 0.3) is 0 Å². The lowest BCUT2D eigenvalue weighted by Crippen LogP contribution is -3.00.